The highest BCUT2D eigenvalue weighted by molar-refractivity contribution is 4.85. The fraction of sp³-hybridized carbons (Fsp3) is 1.00. The van der Waals surface area contributed by atoms with Gasteiger partial charge in [0, 0.05) is 25.2 Å². The zero-order valence-corrected chi connectivity index (χ0v) is 11.5. The van der Waals surface area contributed by atoms with Gasteiger partial charge in [-0.3, -0.25) is 4.90 Å². The Balaban J connectivity index is 2.43. The van der Waals surface area contributed by atoms with Crippen LogP contribution in [0.5, 0.6) is 0 Å². The van der Waals surface area contributed by atoms with Gasteiger partial charge in [-0.2, -0.15) is 0 Å². The van der Waals surface area contributed by atoms with E-state index < -0.39 is 0 Å². The zero-order chi connectivity index (χ0) is 12.0. The average Bonchev–Trinajstić information content (AvgIpc) is 2.27. The van der Waals surface area contributed by atoms with E-state index >= 15 is 0 Å². The maximum atomic E-state index is 3.58. The predicted octanol–water partition coefficient (Wildman–Crippen LogP) is 1.40. The topological polar surface area (TPSA) is 18.5 Å². The van der Waals surface area contributed by atoms with Gasteiger partial charge >= 0.3 is 0 Å². The zero-order valence-electron chi connectivity index (χ0n) is 11.5. The molecule has 2 unspecified atom stereocenters. The number of hydrogen-bond donors (Lipinski definition) is 1. The van der Waals surface area contributed by atoms with Crippen molar-refractivity contribution in [3.05, 3.63) is 0 Å². The third-order valence-corrected chi connectivity index (χ3v) is 3.60. The quantitative estimate of drug-likeness (QED) is 0.740. The summed E-state index contributed by atoms with van der Waals surface area (Å²) < 4.78 is 0. The fourth-order valence-corrected chi connectivity index (χ4v) is 2.65. The lowest BCUT2D eigenvalue weighted by atomic mass is 9.96. The second-order valence-corrected chi connectivity index (χ2v) is 5.25. The first-order valence-corrected chi connectivity index (χ1v) is 6.77. The molecular weight excluding hydrogens is 198 g/mol. The second kappa shape index (κ2) is 7.25. The van der Waals surface area contributed by atoms with Crippen molar-refractivity contribution in [1.29, 1.82) is 0 Å². The Kier molecular flexibility index (Phi) is 6.32. The molecule has 1 N–H and O–H groups in total. The van der Waals surface area contributed by atoms with E-state index in [9.17, 15) is 0 Å². The number of hydrogen-bond acceptors (Lipinski definition) is 3. The molecule has 1 aliphatic heterocycles. The Hall–Kier alpha value is -0.120. The summed E-state index contributed by atoms with van der Waals surface area (Å²) in [6.45, 7) is 9.29. The van der Waals surface area contributed by atoms with E-state index in [2.05, 4.69) is 43.1 Å². The van der Waals surface area contributed by atoms with Crippen LogP contribution in [0.25, 0.3) is 0 Å². The van der Waals surface area contributed by atoms with Crippen LogP contribution >= 0.6 is 0 Å². The molecule has 1 fully saturated rings. The van der Waals surface area contributed by atoms with Gasteiger partial charge in [0.1, 0.15) is 0 Å². The van der Waals surface area contributed by atoms with Crippen molar-refractivity contribution in [2.75, 3.05) is 40.3 Å². The van der Waals surface area contributed by atoms with Gasteiger partial charge in [-0.25, -0.2) is 0 Å². The van der Waals surface area contributed by atoms with Gasteiger partial charge < -0.3 is 10.2 Å². The highest BCUT2D eigenvalue weighted by Gasteiger charge is 2.26. The summed E-state index contributed by atoms with van der Waals surface area (Å²) in [5.74, 6) is 0. The summed E-state index contributed by atoms with van der Waals surface area (Å²) in [5.41, 5.74) is 0. The van der Waals surface area contributed by atoms with Crippen LogP contribution in [0, 0.1) is 0 Å². The van der Waals surface area contributed by atoms with Gasteiger partial charge in [0.05, 0.1) is 0 Å². The third kappa shape index (κ3) is 4.40. The molecule has 0 aliphatic carbocycles. The van der Waals surface area contributed by atoms with Gasteiger partial charge in [0.25, 0.3) is 0 Å². The van der Waals surface area contributed by atoms with Gasteiger partial charge in [0.15, 0.2) is 0 Å². The van der Waals surface area contributed by atoms with E-state index in [4.69, 9.17) is 0 Å². The Morgan fingerprint density at radius 3 is 2.75 bits per heavy atom. The summed E-state index contributed by atoms with van der Waals surface area (Å²) in [6.07, 6.45) is 4.14. The largest absolute Gasteiger partial charge is 0.313 e. The van der Waals surface area contributed by atoms with Crippen molar-refractivity contribution in [3.8, 4) is 0 Å². The summed E-state index contributed by atoms with van der Waals surface area (Å²) in [5, 5.41) is 3.58. The number of likely N-dealkylation sites (N-methyl/N-ethyl adjacent to an activating group) is 2. The molecule has 1 heterocycles. The molecule has 0 amide bonds. The second-order valence-electron chi connectivity index (χ2n) is 5.25. The number of piperidine rings is 1. The van der Waals surface area contributed by atoms with Crippen LogP contribution in [0.4, 0.5) is 0 Å². The maximum absolute atomic E-state index is 3.58. The van der Waals surface area contributed by atoms with Crippen molar-refractivity contribution in [2.24, 2.45) is 0 Å². The molecule has 0 aromatic heterocycles. The van der Waals surface area contributed by atoms with Crippen LogP contribution in [-0.4, -0.2) is 62.2 Å². The summed E-state index contributed by atoms with van der Waals surface area (Å²) >= 11 is 0. The number of nitrogens with one attached hydrogen (secondary N) is 1. The van der Waals surface area contributed by atoms with E-state index in [0.717, 1.165) is 12.6 Å². The number of likely N-dealkylation sites (tertiary alicyclic amines) is 1. The van der Waals surface area contributed by atoms with Crippen LogP contribution < -0.4 is 5.32 Å². The summed E-state index contributed by atoms with van der Waals surface area (Å²) in [7, 11) is 4.32. The molecule has 0 radical (unpaired) electrons. The lowest BCUT2D eigenvalue weighted by molar-refractivity contribution is 0.111. The van der Waals surface area contributed by atoms with Gasteiger partial charge in [-0.15, -0.1) is 0 Å². The average molecular weight is 227 g/mol. The van der Waals surface area contributed by atoms with Crippen molar-refractivity contribution in [1.82, 2.24) is 15.1 Å². The molecule has 96 valence electrons. The van der Waals surface area contributed by atoms with Crippen LogP contribution in [0.1, 0.15) is 33.1 Å². The molecule has 2 atom stereocenters. The highest BCUT2D eigenvalue weighted by atomic mass is 15.2. The van der Waals surface area contributed by atoms with Crippen molar-refractivity contribution >= 4 is 0 Å². The minimum absolute atomic E-state index is 0.632. The van der Waals surface area contributed by atoms with E-state index in [1.807, 2.05) is 0 Å². The molecule has 0 aromatic rings. The van der Waals surface area contributed by atoms with Crippen molar-refractivity contribution < 1.29 is 0 Å². The molecule has 3 heteroatoms. The first kappa shape index (κ1) is 13.9. The Labute approximate surface area is 101 Å². The smallest absolute Gasteiger partial charge is 0.0247 e. The molecule has 0 saturated carbocycles. The van der Waals surface area contributed by atoms with Crippen LogP contribution in [-0.2, 0) is 0 Å². The Bertz CT molecular complexity index is 182. The van der Waals surface area contributed by atoms with Gasteiger partial charge in [-0.1, -0.05) is 13.3 Å². The maximum Gasteiger partial charge on any atom is 0.0247 e. The lowest BCUT2D eigenvalue weighted by Gasteiger charge is -2.40. The molecule has 0 bridgehead atoms. The van der Waals surface area contributed by atoms with Gasteiger partial charge in [0.2, 0.25) is 0 Å². The highest BCUT2D eigenvalue weighted by Crippen LogP contribution is 2.19. The van der Waals surface area contributed by atoms with Crippen LogP contribution in [0.2, 0.25) is 0 Å². The molecule has 0 aromatic carbocycles. The number of nitrogens with zero attached hydrogens (tertiary/aromatic N) is 2. The Morgan fingerprint density at radius 2 is 2.12 bits per heavy atom. The fourth-order valence-electron chi connectivity index (χ4n) is 2.65. The molecule has 1 saturated heterocycles. The first-order chi connectivity index (χ1) is 7.65. The van der Waals surface area contributed by atoms with Crippen molar-refractivity contribution in [3.63, 3.8) is 0 Å². The van der Waals surface area contributed by atoms with Crippen LogP contribution in [0.3, 0.4) is 0 Å². The third-order valence-electron chi connectivity index (χ3n) is 3.60. The molecule has 1 aliphatic rings. The summed E-state index contributed by atoms with van der Waals surface area (Å²) in [4.78, 5) is 4.96. The molecule has 0 spiro atoms. The molecule has 16 heavy (non-hydrogen) atoms. The first-order valence-electron chi connectivity index (χ1n) is 6.77. The SMILES string of the molecule is CCNC(C)C1CCCCN1CCN(C)C. The van der Waals surface area contributed by atoms with E-state index in [0.29, 0.717) is 6.04 Å². The Morgan fingerprint density at radius 1 is 1.38 bits per heavy atom. The minimum atomic E-state index is 0.632. The van der Waals surface area contributed by atoms with Gasteiger partial charge in [-0.05, 0) is 47.0 Å². The molecular formula is C13H29N3. The standard InChI is InChI=1S/C13H29N3/c1-5-14-12(2)13-8-6-7-9-16(13)11-10-15(3)4/h12-14H,5-11H2,1-4H3. The van der Waals surface area contributed by atoms with Crippen molar-refractivity contribution in [2.45, 2.75) is 45.2 Å². The predicted molar refractivity (Wildman–Crippen MR) is 70.9 cm³/mol. The monoisotopic (exact) mass is 227 g/mol. The van der Waals surface area contributed by atoms with E-state index in [-0.39, 0.29) is 0 Å². The van der Waals surface area contributed by atoms with E-state index in [1.165, 1.54) is 38.9 Å². The number of rotatable bonds is 6. The summed E-state index contributed by atoms with van der Waals surface area (Å²) in [6, 6.07) is 1.38. The normalized spacial score (nSPS) is 24.9. The molecule has 3 nitrogen and oxygen atoms in total. The van der Waals surface area contributed by atoms with E-state index in [1.54, 1.807) is 0 Å². The minimum Gasteiger partial charge on any atom is -0.313 e. The van der Waals surface area contributed by atoms with Crippen LogP contribution in [0.15, 0.2) is 0 Å². The molecule has 1 rings (SSSR count). The lowest BCUT2D eigenvalue weighted by Crippen LogP contribution is -2.52.